The number of nitrogens with zero attached hydrogens (tertiary/aromatic N) is 2. The third kappa shape index (κ3) is 4.38. The molecule has 0 aliphatic heterocycles. The lowest BCUT2D eigenvalue weighted by molar-refractivity contribution is 0.0592. The summed E-state index contributed by atoms with van der Waals surface area (Å²) < 4.78 is 9.69. The number of ether oxygens (including phenoxy) is 2. The molecule has 0 spiro atoms. The normalized spacial score (nSPS) is 12.8. The summed E-state index contributed by atoms with van der Waals surface area (Å²) in [6.45, 7) is 0. The smallest absolute Gasteiger partial charge is 0.358 e. The van der Waals surface area contributed by atoms with E-state index in [2.05, 4.69) is 25.3 Å². The summed E-state index contributed by atoms with van der Waals surface area (Å²) in [5.41, 5.74) is 0.585. The third-order valence-electron chi connectivity index (χ3n) is 3.91. The van der Waals surface area contributed by atoms with Crippen LogP contribution in [0, 0.1) is 0 Å². The molecule has 2 N–H and O–H groups in total. The van der Waals surface area contributed by atoms with E-state index >= 15 is 0 Å². The van der Waals surface area contributed by atoms with E-state index in [-0.39, 0.29) is 28.9 Å². The molecule has 1 aliphatic carbocycles. The van der Waals surface area contributed by atoms with Gasteiger partial charge in [-0.25, -0.2) is 14.8 Å². The summed E-state index contributed by atoms with van der Waals surface area (Å²) in [6.07, 6.45) is 4.20. The lowest BCUT2D eigenvalue weighted by atomic mass is 10.1. The first kappa shape index (κ1) is 18.3. The number of hydrogen-bond donors (Lipinski definition) is 2. The Bertz CT molecular complexity index is 878. The number of amides is 2. The third-order valence-corrected chi connectivity index (χ3v) is 3.91. The summed E-state index contributed by atoms with van der Waals surface area (Å²) in [7, 11) is 2.72. The Morgan fingerprint density at radius 3 is 2.33 bits per heavy atom. The first-order chi connectivity index (χ1) is 13.0. The lowest BCUT2D eigenvalue weighted by Crippen LogP contribution is -2.27. The van der Waals surface area contributed by atoms with Crippen molar-refractivity contribution < 1.29 is 23.9 Å². The van der Waals surface area contributed by atoms with Gasteiger partial charge in [-0.3, -0.25) is 9.59 Å². The number of aromatic nitrogens is 2. The molecule has 2 amide bonds. The molecule has 0 radical (unpaired) electrons. The molecule has 3 rings (SSSR count). The van der Waals surface area contributed by atoms with E-state index < -0.39 is 11.9 Å². The summed E-state index contributed by atoms with van der Waals surface area (Å²) >= 11 is 0. The van der Waals surface area contributed by atoms with Gasteiger partial charge in [0.1, 0.15) is 11.4 Å². The van der Waals surface area contributed by atoms with E-state index in [1.165, 1.54) is 14.2 Å². The zero-order chi connectivity index (χ0) is 19.4. The maximum absolute atomic E-state index is 12.5. The second kappa shape index (κ2) is 7.81. The van der Waals surface area contributed by atoms with E-state index in [1.54, 1.807) is 18.2 Å². The van der Waals surface area contributed by atoms with E-state index in [0.717, 1.165) is 25.2 Å². The van der Waals surface area contributed by atoms with Crippen LogP contribution in [-0.4, -0.2) is 48.0 Å². The van der Waals surface area contributed by atoms with Gasteiger partial charge in [0.25, 0.3) is 11.8 Å². The van der Waals surface area contributed by atoms with Gasteiger partial charge in [-0.2, -0.15) is 0 Å². The fraction of sp³-hybridized carbons (Fsp3) is 0.278. The highest BCUT2D eigenvalue weighted by atomic mass is 16.5. The van der Waals surface area contributed by atoms with Crippen LogP contribution in [0.1, 0.15) is 44.2 Å². The van der Waals surface area contributed by atoms with Gasteiger partial charge in [0.2, 0.25) is 0 Å². The topological polar surface area (TPSA) is 120 Å². The number of rotatable bonds is 6. The van der Waals surface area contributed by atoms with Gasteiger partial charge in [0, 0.05) is 6.04 Å². The van der Waals surface area contributed by atoms with Gasteiger partial charge < -0.3 is 20.1 Å². The minimum Gasteiger partial charge on any atom is -0.497 e. The van der Waals surface area contributed by atoms with Gasteiger partial charge in [0.15, 0.2) is 5.69 Å². The molecule has 9 nitrogen and oxygen atoms in total. The maximum atomic E-state index is 12.5. The molecular weight excluding hydrogens is 352 g/mol. The Labute approximate surface area is 155 Å². The van der Waals surface area contributed by atoms with Crippen LogP contribution in [0.2, 0.25) is 0 Å². The second-order valence-corrected chi connectivity index (χ2v) is 5.89. The van der Waals surface area contributed by atoms with Gasteiger partial charge in [-0.1, -0.05) is 0 Å². The predicted molar refractivity (Wildman–Crippen MR) is 94.8 cm³/mol. The highest BCUT2D eigenvalue weighted by Crippen LogP contribution is 2.25. The SMILES string of the molecule is COC(=O)c1cnc(C(=O)Nc2ccc(OC)cc2C(=O)NC2CC2)cn1. The molecule has 9 heteroatoms. The first-order valence-corrected chi connectivity index (χ1v) is 8.22. The van der Waals surface area contributed by atoms with Crippen molar-refractivity contribution in [3.8, 4) is 5.75 Å². The number of esters is 1. The fourth-order valence-corrected chi connectivity index (χ4v) is 2.28. The molecule has 1 aromatic carbocycles. The molecule has 1 heterocycles. The summed E-state index contributed by atoms with van der Waals surface area (Å²) in [6, 6.07) is 4.94. The number of nitrogens with one attached hydrogen (secondary N) is 2. The van der Waals surface area contributed by atoms with Crippen LogP contribution in [0.5, 0.6) is 5.75 Å². The Morgan fingerprint density at radius 2 is 1.74 bits per heavy atom. The molecule has 1 aromatic heterocycles. The van der Waals surface area contributed by atoms with Crippen molar-refractivity contribution in [2.75, 3.05) is 19.5 Å². The van der Waals surface area contributed by atoms with Gasteiger partial charge >= 0.3 is 5.97 Å². The minimum atomic E-state index is -0.649. The number of hydrogen-bond acceptors (Lipinski definition) is 7. The molecule has 0 bridgehead atoms. The Morgan fingerprint density at radius 1 is 1.04 bits per heavy atom. The van der Waals surface area contributed by atoms with Crippen LogP contribution in [0.3, 0.4) is 0 Å². The number of methoxy groups -OCH3 is 2. The zero-order valence-corrected chi connectivity index (χ0v) is 14.8. The molecule has 0 unspecified atom stereocenters. The Balaban J connectivity index is 1.80. The van der Waals surface area contributed by atoms with Crippen LogP contribution in [0.4, 0.5) is 5.69 Å². The number of carbonyl (C=O) groups excluding carboxylic acids is 3. The summed E-state index contributed by atoms with van der Waals surface area (Å²) in [5, 5.41) is 5.52. The lowest BCUT2D eigenvalue weighted by Gasteiger charge is -2.12. The zero-order valence-electron chi connectivity index (χ0n) is 14.8. The molecule has 2 aromatic rings. The van der Waals surface area contributed by atoms with Crippen LogP contribution in [-0.2, 0) is 4.74 Å². The molecule has 1 saturated carbocycles. The predicted octanol–water partition coefficient (Wildman–Crippen LogP) is 1.42. The minimum absolute atomic E-state index is 0.00739. The van der Waals surface area contributed by atoms with Crippen molar-refractivity contribution in [3.63, 3.8) is 0 Å². The Kier molecular flexibility index (Phi) is 5.30. The number of anilines is 1. The number of benzene rings is 1. The largest absolute Gasteiger partial charge is 0.497 e. The van der Waals surface area contributed by atoms with E-state index in [9.17, 15) is 14.4 Å². The van der Waals surface area contributed by atoms with E-state index in [0.29, 0.717) is 11.4 Å². The van der Waals surface area contributed by atoms with Crippen molar-refractivity contribution in [2.45, 2.75) is 18.9 Å². The quantitative estimate of drug-likeness (QED) is 0.738. The summed E-state index contributed by atoms with van der Waals surface area (Å²) in [5.74, 6) is -1.01. The van der Waals surface area contributed by atoms with Crippen molar-refractivity contribution in [2.24, 2.45) is 0 Å². The van der Waals surface area contributed by atoms with Gasteiger partial charge in [0.05, 0.1) is 37.9 Å². The summed E-state index contributed by atoms with van der Waals surface area (Å²) in [4.78, 5) is 44.0. The highest BCUT2D eigenvalue weighted by molar-refractivity contribution is 6.08. The van der Waals surface area contributed by atoms with Crippen molar-refractivity contribution in [3.05, 3.63) is 47.5 Å². The van der Waals surface area contributed by atoms with E-state index in [4.69, 9.17) is 4.74 Å². The Hall–Kier alpha value is -3.49. The van der Waals surface area contributed by atoms with Gasteiger partial charge in [-0.15, -0.1) is 0 Å². The molecule has 27 heavy (non-hydrogen) atoms. The van der Waals surface area contributed by atoms with Crippen molar-refractivity contribution in [1.29, 1.82) is 0 Å². The van der Waals surface area contributed by atoms with Crippen molar-refractivity contribution >= 4 is 23.5 Å². The van der Waals surface area contributed by atoms with Crippen LogP contribution in [0.25, 0.3) is 0 Å². The standard InChI is InChI=1S/C18H18N4O5/c1-26-11-5-6-13(12(7-11)16(23)21-10-3-4-10)22-17(24)14-8-20-15(9-19-14)18(25)27-2/h5-10H,3-4H2,1-2H3,(H,21,23)(H,22,24). The van der Waals surface area contributed by atoms with Gasteiger partial charge in [-0.05, 0) is 31.0 Å². The number of carbonyl (C=O) groups is 3. The maximum Gasteiger partial charge on any atom is 0.358 e. The fourth-order valence-electron chi connectivity index (χ4n) is 2.28. The van der Waals surface area contributed by atoms with Crippen LogP contribution >= 0.6 is 0 Å². The monoisotopic (exact) mass is 370 g/mol. The van der Waals surface area contributed by atoms with Crippen molar-refractivity contribution in [1.82, 2.24) is 15.3 Å². The second-order valence-electron chi connectivity index (χ2n) is 5.89. The molecule has 140 valence electrons. The average molecular weight is 370 g/mol. The molecule has 1 fully saturated rings. The molecule has 1 aliphatic rings. The van der Waals surface area contributed by atoms with E-state index in [1.807, 2.05) is 0 Å². The average Bonchev–Trinajstić information content (AvgIpc) is 3.51. The van der Waals surface area contributed by atoms with Crippen LogP contribution in [0.15, 0.2) is 30.6 Å². The highest BCUT2D eigenvalue weighted by Gasteiger charge is 2.25. The van der Waals surface area contributed by atoms with Crippen LogP contribution < -0.4 is 15.4 Å². The first-order valence-electron chi connectivity index (χ1n) is 8.22. The molecule has 0 atom stereocenters. The molecular formula is C18H18N4O5. The molecule has 0 saturated heterocycles.